The maximum absolute atomic E-state index is 12.5. The second-order valence-corrected chi connectivity index (χ2v) is 6.31. The minimum absolute atomic E-state index is 0.0247. The summed E-state index contributed by atoms with van der Waals surface area (Å²) in [5.41, 5.74) is 0. The second-order valence-electron chi connectivity index (χ2n) is 4.45. The van der Waals surface area contributed by atoms with E-state index in [9.17, 15) is 8.42 Å². The molecule has 6 heteroatoms. The molecule has 1 N–H and O–H groups in total. The van der Waals surface area contributed by atoms with Gasteiger partial charge < -0.3 is 9.73 Å². The molecule has 1 aromatic heterocycles. The SMILES string of the molecule is Cc1cc(S(=O)(=O)N2CCNCC2C)c(C)o1. The molecular formula is C11H18N2O3S. The molecule has 1 fully saturated rings. The molecule has 0 aromatic carbocycles. The number of aryl methyl sites for hydroxylation is 2. The van der Waals surface area contributed by atoms with Crippen molar-refractivity contribution in [1.82, 2.24) is 9.62 Å². The summed E-state index contributed by atoms with van der Waals surface area (Å²) in [4.78, 5) is 0.295. The van der Waals surface area contributed by atoms with Crippen LogP contribution in [0, 0.1) is 13.8 Å². The Morgan fingerprint density at radius 2 is 2.18 bits per heavy atom. The first-order chi connectivity index (χ1) is 7.93. The van der Waals surface area contributed by atoms with Crippen molar-refractivity contribution in [3.63, 3.8) is 0 Å². The fourth-order valence-electron chi connectivity index (χ4n) is 2.17. The first kappa shape index (κ1) is 12.6. The third-order valence-corrected chi connectivity index (χ3v) is 5.14. The van der Waals surface area contributed by atoms with Gasteiger partial charge in [-0.15, -0.1) is 0 Å². The highest BCUT2D eigenvalue weighted by Crippen LogP contribution is 2.25. The minimum atomic E-state index is -3.42. The maximum atomic E-state index is 12.5. The Kier molecular flexibility index (Phi) is 3.29. The van der Waals surface area contributed by atoms with Gasteiger partial charge in [0.05, 0.1) is 0 Å². The molecule has 0 aliphatic carbocycles. The average molecular weight is 258 g/mol. The van der Waals surface area contributed by atoms with E-state index in [1.807, 2.05) is 6.92 Å². The third-order valence-electron chi connectivity index (χ3n) is 3.02. The molecule has 17 heavy (non-hydrogen) atoms. The Labute approximate surface area is 102 Å². The van der Waals surface area contributed by atoms with Gasteiger partial charge in [0, 0.05) is 25.7 Å². The number of furan rings is 1. The predicted octanol–water partition coefficient (Wildman–Crippen LogP) is 0.879. The van der Waals surface area contributed by atoms with E-state index in [1.54, 1.807) is 24.2 Å². The van der Waals surface area contributed by atoms with Gasteiger partial charge in [0.25, 0.3) is 0 Å². The van der Waals surface area contributed by atoms with Crippen molar-refractivity contribution >= 4 is 10.0 Å². The number of piperazine rings is 1. The van der Waals surface area contributed by atoms with Gasteiger partial charge in [-0.1, -0.05) is 0 Å². The van der Waals surface area contributed by atoms with E-state index in [2.05, 4.69) is 5.32 Å². The van der Waals surface area contributed by atoms with Crippen LogP contribution >= 0.6 is 0 Å². The highest BCUT2D eigenvalue weighted by atomic mass is 32.2. The molecule has 1 aliphatic heterocycles. The number of hydrogen-bond donors (Lipinski definition) is 1. The van der Waals surface area contributed by atoms with Crippen LogP contribution < -0.4 is 5.32 Å². The fourth-order valence-corrected chi connectivity index (χ4v) is 4.02. The zero-order valence-electron chi connectivity index (χ0n) is 10.4. The zero-order valence-corrected chi connectivity index (χ0v) is 11.2. The Hall–Kier alpha value is -0.850. The van der Waals surface area contributed by atoms with E-state index in [0.29, 0.717) is 36.1 Å². The summed E-state index contributed by atoms with van der Waals surface area (Å²) in [6, 6.07) is 1.57. The number of nitrogens with zero attached hydrogens (tertiary/aromatic N) is 1. The lowest BCUT2D eigenvalue weighted by Crippen LogP contribution is -2.52. The Morgan fingerprint density at radius 3 is 2.71 bits per heavy atom. The fraction of sp³-hybridized carbons (Fsp3) is 0.636. The van der Waals surface area contributed by atoms with E-state index in [0.717, 1.165) is 0 Å². The summed E-state index contributed by atoms with van der Waals surface area (Å²) < 4.78 is 31.8. The molecule has 0 saturated carbocycles. The molecule has 1 atom stereocenters. The molecule has 96 valence electrons. The quantitative estimate of drug-likeness (QED) is 0.855. The lowest BCUT2D eigenvalue weighted by molar-refractivity contribution is 0.283. The monoisotopic (exact) mass is 258 g/mol. The van der Waals surface area contributed by atoms with Gasteiger partial charge in [-0.3, -0.25) is 0 Å². The molecule has 0 spiro atoms. The topological polar surface area (TPSA) is 62.6 Å². The molecule has 2 heterocycles. The lowest BCUT2D eigenvalue weighted by Gasteiger charge is -2.32. The molecule has 2 rings (SSSR count). The third kappa shape index (κ3) is 2.25. The van der Waals surface area contributed by atoms with Crippen molar-refractivity contribution < 1.29 is 12.8 Å². The summed E-state index contributed by atoms with van der Waals surface area (Å²) >= 11 is 0. The van der Waals surface area contributed by atoms with Crippen LogP contribution in [0.5, 0.6) is 0 Å². The molecule has 0 bridgehead atoms. The van der Waals surface area contributed by atoms with Crippen LogP contribution in [0.4, 0.5) is 0 Å². The summed E-state index contributed by atoms with van der Waals surface area (Å²) in [7, 11) is -3.42. The van der Waals surface area contributed by atoms with Crippen molar-refractivity contribution in [1.29, 1.82) is 0 Å². The van der Waals surface area contributed by atoms with Crippen LogP contribution in [0.2, 0.25) is 0 Å². The van der Waals surface area contributed by atoms with Crippen LogP contribution in [0.1, 0.15) is 18.4 Å². The van der Waals surface area contributed by atoms with Gasteiger partial charge in [-0.2, -0.15) is 4.31 Å². The second kappa shape index (κ2) is 4.44. The van der Waals surface area contributed by atoms with Crippen molar-refractivity contribution in [2.45, 2.75) is 31.7 Å². The molecule has 1 saturated heterocycles. The van der Waals surface area contributed by atoms with Gasteiger partial charge >= 0.3 is 0 Å². The van der Waals surface area contributed by atoms with E-state index >= 15 is 0 Å². The molecule has 0 radical (unpaired) electrons. The first-order valence-electron chi connectivity index (χ1n) is 5.72. The Morgan fingerprint density at radius 1 is 1.47 bits per heavy atom. The van der Waals surface area contributed by atoms with Crippen LogP contribution in [0.3, 0.4) is 0 Å². The van der Waals surface area contributed by atoms with Gasteiger partial charge in [0.2, 0.25) is 10.0 Å². The minimum Gasteiger partial charge on any atom is -0.465 e. The molecule has 5 nitrogen and oxygen atoms in total. The number of sulfonamides is 1. The van der Waals surface area contributed by atoms with Gasteiger partial charge in [0.15, 0.2) is 0 Å². The van der Waals surface area contributed by atoms with Gasteiger partial charge in [-0.05, 0) is 26.8 Å². The summed E-state index contributed by atoms with van der Waals surface area (Å²) in [6.07, 6.45) is 0. The molecule has 1 unspecified atom stereocenters. The van der Waals surface area contributed by atoms with Crippen LogP contribution in [0.25, 0.3) is 0 Å². The summed E-state index contributed by atoms with van der Waals surface area (Å²) in [6.45, 7) is 7.24. The van der Waals surface area contributed by atoms with Crippen molar-refractivity contribution in [3.05, 3.63) is 17.6 Å². The highest BCUT2D eigenvalue weighted by Gasteiger charge is 2.33. The molecule has 1 aromatic rings. The van der Waals surface area contributed by atoms with Crippen molar-refractivity contribution in [2.24, 2.45) is 0 Å². The van der Waals surface area contributed by atoms with E-state index in [1.165, 1.54) is 0 Å². The first-order valence-corrected chi connectivity index (χ1v) is 7.16. The smallest absolute Gasteiger partial charge is 0.246 e. The lowest BCUT2D eigenvalue weighted by atomic mass is 10.3. The largest absolute Gasteiger partial charge is 0.465 e. The van der Waals surface area contributed by atoms with Gasteiger partial charge in [0.1, 0.15) is 16.4 Å². The van der Waals surface area contributed by atoms with Crippen molar-refractivity contribution in [3.8, 4) is 0 Å². The normalized spacial score (nSPS) is 22.9. The Balaban J connectivity index is 2.39. The van der Waals surface area contributed by atoms with E-state index in [-0.39, 0.29) is 6.04 Å². The van der Waals surface area contributed by atoms with Crippen LogP contribution in [-0.2, 0) is 10.0 Å². The van der Waals surface area contributed by atoms with Crippen molar-refractivity contribution in [2.75, 3.05) is 19.6 Å². The number of hydrogen-bond acceptors (Lipinski definition) is 4. The van der Waals surface area contributed by atoms with Crippen LogP contribution in [0.15, 0.2) is 15.4 Å². The van der Waals surface area contributed by atoms with Crippen LogP contribution in [-0.4, -0.2) is 38.4 Å². The summed E-state index contributed by atoms with van der Waals surface area (Å²) in [5, 5.41) is 3.18. The van der Waals surface area contributed by atoms with E-state index < -0.39 is 10.0 Å². The molecule has 1 aliphatic rings. The molecular weight excluding hydrogens is 240 g/mol. The van der Waals surface area contributed by atoms with E-state index in [4.69, 9.17) is 4.42 Å². The Bertz CT molecular complexity index is 507. The number of nitrogens with one attached hydrogen (secondary N) is 1. The predicted molar refractivity (Wildman–Crippen MR) is 64.4 cm³/mol. The van der Waals surface area contributed by atoms with Gasteiger partial charge in [-0.25, -0.2) is 8.42 Å². The highest BCUT2D eigenvalue weighted by molar-refractivity contribution is 7.89. The average Bonchev–Trinajstić information content (AvgIpc) is 2.59. The maximum Gasteiger partial charge on any atom is 0.246 e. The molecule has 0 amide bonds. The number of rotatable bonds is 2. The summed E-state index contributed by atoms with van der Waals surface area (Å²) in [5.74, 6) is 1.09. The standard InChI is InChI=1S/C11H18N2O3S/c1-8-7-12-4-5-13(8)17(14,15)11-6-9(2)16-10(11)3/h6,8,12H,4-5,7H2,1-3H3. The zero-order chi connectivity index (χ0) is 12.6.